The Morgan fingerprint density at radius 1 is 1.27 bits per heavy atom. The summed E-state index contributed by atoms with van der Waals surface area (Å²) >= 11 is 0. The molecule has 0 aliphatic carbocycles. The Morgan fingerprint density at radius 2 is 1.73 bits per heavy atom. The zero-order valence-electron chi connectivity index (χ0n) is 5.60. The predicted octanol–water partition coefficient (Wildman–Crippen LogP) is -0.913. The average Bonchev–Trinajstić information content (AvgIpc) is 1.87. The molecule has 0 spiro atoms. The highest BCUT2D eigenvalue weighted by Crippen LogP contribution is 1.90. The highest BCUT2D eigenvalue weighted by molar-refractivity contribution is 6.28. The third-order valence-corrected chi connectivity index (χ3v) is 0.806. The van der Waals surface area contributed by atoms with E-state index < -0.39 is 24.0 Å². The van der Waals surface area contributed by atoms with Gasteiger partial charge in [-0.15, -0.1) is 0 Å². The quantitative estimate of drug-likeness (QED) is 0.402. The molecule has 0 bridgehead atoms. The summed E-state index contributed by atoms with van der Waals surface area (Å²) in [5, 5.41) is 16.1. The summed E-state index contributed by atoms with van der Waals surface area (Å²) in [5.41, 5.74) is 0. The molecule has 1 unspecified atom stereocenters. The molecular formula is C5H6O6. The van der Waals surface area contributed by atoms with Gasteiger partial charge in [0, 0.05) is 0 Å². The average molecular weight is 162 g/mol. The van der Waals surface area contributed by atoms with Crippen molar-refractivity contribution in [2.45, 2.75) is 13.0 Å². The number of carbonyl (C=O) groups is 3. The molecule has 2 N–H and O–H groups in total. The Morgan fingerprint density at radius 3 is 2.00 bits per heavy atom. The normalized spacial score (nSPS) is 11.7. The second kappa shape index (κ2) is 3.55. The first-order valence-corrected chi connectivity index (χ1v) is 2.62. The fourth-order valence-electron chi connectivity index (χ4n) is 0.261. The molecule has 0 fully saturated rings. The molecule has 0 aliphatic rings. The van der Waals surface area contributed by atoms with Crippen molar-refractivity contribution in [1.82, 2.24) is 0 Å². The van der Waals surface area contributed by atoms with Gasteiger partial charge in [-0.2, -0.15) is 0 Å². The fourth-order valence-corrected chi connectivity index (χ4v) is 0.261. The van der Waals surface area contributed by atoms with Gasteiger partial charge >= 0.3 is 17.9 Å². The molecule has 1 atom stereocenters. The van der Waals surface area contributed by atoms with E-state index in [0.29, 0.717) is 0 Å². The summed E-state index contributed by atoms with van der Waals surface area (Å²) in [6.07, 6.45) is -1.43. The Bertz CT molecular complexity index is 195. The van der Waals surface area contributed by atoms with Gasteiger partial charge in [0.2, 0.25) is 0 Å². The zero-order valence-corrected chi connectivity index (χ0v) is 5.60. The van der Waals surface area contributed by atoms with Crippen LogP contribution in [0.1, 0.15) is 6.92 Å². The number of hydrogen-bond acceptors (Lipinski definition) is 4. The lowest BCUT2D eigenvalue weighted by molar-refractivity contribution is -0.172. The molecule has 6 nitrogen and oxygen atoms in total. The van der Waals surface area contributed by atoms with Gasteiger partial charge in [-0.05, 0) is 6.92 Å². The van der Waals surface area contributed by atoms with Crippen LogP contribution in [0, 0.1) is 0 Å². The van der Waals surface area contributed by atoms with Crippen molar-refractivity contribution >= 4 is 17.9 Å². The molecule has 0 saturated carbocycles. The second-order valence-corrected chi connectivity index (χ2v) is 1.69. The van der Waals surface area contributed by atoms with Crippen molar-refractivity contribution < 1.29 is 29.3 Å². The zero-order chi connectivity index (χ0) is 9.02. The van der Waals surface area contributed by atoms with E-state index in [1.54, 1.807) is 0 Å². The first kappa shape index (κ1) is 9.41. The van der Waals surface area contributed by atoms with Crippen molar-refractivity contribution in [3.8, 4) is 0 Å². The van der Waals surface area contributed by atoms with Crippen LogP contribution in [0.15, 0.2) is 0 Å². The molecular weight excluding hydrogens is 156 g/mol. The Balaban J connectivity index is 3.95. The van der Waals surface area contributed by atoms with Crippen LogP contribution >= 0.6 is 0 Å². The molecule has 0 aromatic carbocycles. The predicted molar refractivity (Wildman–Crippen MR) is 30.8 cm³/mol. The molecule has 0 rings (SSSR count). The van der Waals surface area contributed by atoms with Crippen molar-refractivity contribution in [2.75, 3.05) is 0 Å². The van der Waals surface area contributed by atoms with Crippen LogP contribution in [-0.2, 0) is 19.1 Å². The number of carbonyl (C=O) groups excluding carboxylic acids is 1. The van der Waals surface area contributed by atoms with Crippen molar-refractivity contribution in [3.63, 3.8) is 0 Å². The fraction of sp³-hybridized carbons (Fsp3) is 0.400. The van der Waals surface area contributed by atoms with Crippen LogP contribution in [0.5, 0.6) is 0 Å². The van der Waals surface area contributed by atoms with E-state index in [2.05, 4.69) is 4.74 Å². The summed E-state index contributed by atoms with van der Waals surface area (Å²) in [6, 6.07) is 0. The maximum absolute atomic E-state index is 10.2. The summed E-state index contributed by atoms with van der Waals surface area (Å²) in [6.45, 7) is 1.06. The molecule has 0 aliphatic heterocycles. The Hall–Kier alpha value is -1.59. The molecule has 0 aromatic rings. The molecule has 6 heteroatoms. The van der Waals surface area contributed by atoms with E-state index in [4.69, 9.17) is 10.2 Å². The highest BCUT2D eigenvalue weighted by Gasteiger charge is 2.20. The first-order chi connectivity index (χ1) is 4.95. The Labute approximate surface area is 61.4 Å². The largest absolute Gasteiger partial charge is 0.479 e. The van der Waals surface area contributed by atoms with E-state index in [9.17, 15) is 14.4 Å². The maximum atomic E-state index is 10.2. The van der Waals surface area contributed by atoms with Crippen LogP contribution in [0.25, 0.3) is 0 Å². The third kappa shape index (κ3) is 3.19. The monoisotopic (exact) mass is 162 g/mol. The number of carboxylic acids is 2. The van der Waals surface area contributed by atoms with Crippen molar-refractivity contribution in [3.05, 3.63) is 0 Å². The van der Waals surface area contributed by atoms with Crippen LogP contribution in [0.2, 0.25) is 0 Å². The topological polar surface area (TPSA) is 101 Å². The first-order valence-electron chi connectivity index (χ1n) is 2.62. The molecule has 0 saturated heterocycles. The minimum absolute atomic E-state index is 1.06. The number of esters is 1. The minimum atomic E-state index is -1.81. The molecule has 62 valence electrons. The molecule has 11 heavy (non-hydrogen) atoms. The van der Waals surface area contributed by atoms with E-state index >= 15 is 0 Å². The number of ether oxygens (including phenoxy) is 1. The van der Waals surface area contributed by atoms with Crippen molar-refractivity contribution in [1.29, 1.82) is 0 Å². The standard InChI is InChI=1S/C5H6O6/c1-2(3(6)7)11-5(10)4(8)9/h2H,1H3,(H,6,7)(H,8,9). The molecule has 0 heterocycles. The summed E-state index contributed by atoms with van der Waals surface area (Å²) < 4.78 is 3.94. The molecule has 0 amide bonds. The number of aliphatic carboxylic acids is 2. The lowest BCUT2D eigenvalue weighted by Crippen LogP contribution is -2.27. The lowest BCUT2D eigenvalue weighted by Gasteiger charge is -2.04. The summed E-state index contributed by atoms with van der Waals surface area (Å²) in [4.78, 5) is 29.9. The third-order valence-electron chi connectivity index (χ3n) is 0.806. The van der Waals surface area contributed by atoms with Gasteiger partial charge in [0.25, 0.3) is 0 Å². The van der Waals surface area contributed by atoms with E-state index in [0.717, 1.165) is 6.92 Å². The lowest BCUT2D eigenvalue weighted by atomic mass is 10.4. The number of carboxylic acid groups (broad SMARTS) is 2. The van der Waals surface area contributed by atoms with Gasteiger partial charge < -0.3 is 14.9 Å². The maximum Gasteiger partial charge on any atom is 0.418 e. The van der Waals surface area contributed by atoms with Crippen LogP contribution in [-0.4, -0.2) is 34.2 Å². The van der Waals surface area contributed by atoms with Gasteiger partial charge in [0.05, 0.1) is 0 Å². The van der Waals surface area contributed by atoms with Gasteiger partial charge in [-0.3, -0.25) is 0 Å². The van der Waals surface area contributed by atoms with Crippen LogP contribution in [0.3, 0.4) is 0 Å². The van der Waals surface area contributed by atoms with Gasteiger partial charge in [0.1, 0.15) is 0 Å². The van der Waals surface area contributed by atoms with Gasteiger partial charge in [0.15, 0.2) is 6.10 Å². The molecule has 0 radical (unpaired) electrons. The summed E-state index contributed by atoms with van der Waals surface area (Å²) in [5.74, 6) is -4.77. The van der Waals surface area contributed by atoms with E-state index in [1.807, 2.05) is 0 Å². The molecule has 0 aromatic heterocycles. The SMILES string of the molecule is CC(OC(=O)C(=O)O)C(=O)O. The second-order valence-electron chi connectivity index (χ2n) is 1.69. The highest BCUT2D eigenvalue weighted by atomic mass is 16.6. The number of hydrogen-bond donors (Lipinski definition) is 2. The van der Waals surface area contributed by atoms with Gasteiger partial charge in [-0.25, -0.2) is 14.4 Å². The minimum Gasteiger partial charge on any atom is -0.479 e. The van der Waals surface area contributed by atoms with Gasteiger partial charge in [-0.1, -0.05) is 0 Å². The van der Waals surface area contributed by atoms with E-state index in [1.165, 1.54) is 0 Å². The smallest absolute Gasteiger partial charge is 0.418 e. The number of rotatable bonds is 2. The Kier molecular flexibility index (Phi) is 3.03. The van der Waals surface area contributed by atoms with Crippen molar-refractivity contribution in [2.24, 2.45) is 0 Å². The van der Waals surface area contributed by atoms with Crippen LogP contribution in [0.4, 0.5) is 0 Å². The van der Waals surface area contributed by atoms with E-state index in [-0.39, 0.29) is 0 Å². The van der Waals surface area contributed by atoms with Crippen LogP contribution < -0.4 is 0 Å². The summed E-state index contributed by atoms with van der Waals surface area (Å²) in [7, 11) is 0.